The highest BCUT2D eigenvalue weighted by Crippen LogP contribution is 2.21. The zero-order chi connectivity index (χ0) is 15.1. The smallest absolute Gasteiger partial charge is 0.225 e. The number of thioether (sulfide) groups is 1. The minimum Gasteiger partial charge on any atom is -0.497 e. The molecule has 2 rings (SSSR count). The zero-order valence-electron chi connectivity index (χ0n) is 11.6. The van der Waals surface area contributed by atoms with Gasteiger partial charge in [-0.2, -0.15) is 0 Å². The molecule has 5 heteroatoms. The number of hydrogen-bond donors (Lipinski definition) is 1. The average molecular weight is 366 g/mol. The summed E-state index contributed by atoms with van der Waals surface area (Å²) in [5, 5.41) is 2.87. The van der Waals surface area contributed by atoms with Crippen LogP contribution in [-0.4, -0.2) is 18.8 Å². The number of rotatable bonds is 6. The van der Waals surface area contributed by atoms with Crippen molar-refractivity contribution >= 4 is 39.3 Å². The summed E-state index contributed by atoms with van der Waals surface area (Å²) < 4.78 is 6.14. The molecule has 0 heterocycles. The average Bonchev–Trinajstić information content (AvgIpc) is 2.50. The van der Waals surface area contributed by atoms with Gasteiger partial charge in [-0.3, -0.25) is 4.79 Å². The van der Waals surface area contributed by atoms with Gasteiger partial charge in [-0.15, -0.1) is 11.8 Å². The maximum atomic E-state index is 11.8. The molecular formula is C16H16BrNO2S. The summed E-state index contributed by atoms with van der Waals surface area (Å²) in [6.45, 7) is 0. The molecule has 3 nitrogen and oxygen atoms in total. The minimum atomic E-state index is 0.0183. The molecule has 21 heavy (non-hydrogen) atoms. The van der Waals surface area contributed by atoms with Crippen molar-refractivity contribution in [2.45, 2.75) is 11.3 Å². The number of nitrogens with one attached hydrogen (secondary N) is 1. The van der Waals surface area contributed by atoms with Gasteiger partial charge in [-0.1, -0.05) is 15.9 Å². The fourth-order valence-electron chi connectivity index (χ4n) is 1.69. The second-order valence-corrected chi connectivity index (χ2v) is 6.41. The second kappa shape index (κ2) is 8.10. The predicted molar refractivity (Wildman–Crippen MR) is 91.1 cm³/mol. The normalized spacial score (nSPS) is 10.2. The molecule has 0 spiro atoms. The van der Waals surface area contributed by atoms with Crippen LogP contribution in [0.3, 0.4) is 0 Å². The number of methoxy groups -OCH3 is 1. The van der Waals surface area contributed by atoms with Gasteiger partial charge >= 0.3 is 0 Å². The third kappa shape index (κ3) is 5.44. The van der Waals surface area contributed by atoms with Gasteiger partial charge in [0.25, 0.3) is 0 Å². The van der Waals surface area contributed by atoms with E-state index in [0.717, 1.165) is 26.6 Å². The van der Waals surface area contributed by atoms with Crippen LogP contribution in [0.2, 0.25) is 0 Å². The molecule has 1 N–H and O–H groups in total. The molecule has 0 aliphatic rings. The quantitative estimate of drug-likeness (QED) is 0.761. The molecule has 0 aliphatic heterocycles. The molecule has 2 aromatic carbocycles. The van der Waals surface area contributed by atoms with Crippen molar-refractivity contribution in [3.05, 3.63) is 53.0 Å². The molecule has 0 unspecified atom stereocenters. The molecule has 1 amide bonds. The van der Waals surface area contributed by atoms with E-state index >= 15 is 0 Å². The lowest BCUT2D eigenvalue weighted by Gasteiger charge is -2.06. The van der Waals surface area contributed by atoms with Crippen LogP contribution >= 0.6 is 27.7 Å². The lowest BCUT2D eigenvalue weighted by molar-refractivity contribution is -0.115. The van der Waals surface area contributed by atoms with Crippen LogP contribution in [-0.2, 0) is 4.79 Å². The molecule has 0 aromatic heterocycles. The molecule has 0 bridgehead atoms. The second-order valence-electron chi connectivity index (χ2n) is 4.33. The molecule has 0 fully saturated rings. The summed E-state index contributed by atoms with van der Waals surface area (Å²) in [4.78, 5) is 13.0. The Morgan fingerprint density at radius 2 is 1.81 bits per heavy atom. The molecule has 110 valence electrons. The van der Waals surface area contributed by atoms with E-state index in [-0.39, 0.29) is 5.91 Å². The van der Waals surface area contributed by atoms with Gasteiger partial charge in [-0.05, 0) is 48.5 Å². The van der Waals surface area contributed by atoms with Gasteiger partial charge in [0.15, 0.2) is 0 Å². The van der Waals surface area contributed by atoms with Gasteiger partial charge in [0.1, 0.15) is 5.75 Å². The molecule has 0 radical (unpaired) electrons. The fourth-order valence-corrected chi connectivity index (χ4v) is 2.81. The molecule has 0 saturated carbocycles. The Hall–Kier alpha value is -1.46. The van der Waals surface area contributed by atoms with Crippen LogP contribution in [0.4, 0.5) is 5.69 Å². The van der Waals surface area contributed by atoms with Crippen LogP contribution in [0.15, 0.2) is 57.9 Å². The van der Waals surface area contributed by atoms with Gasteiger partial charge in [-0.25, -0.2) is 0 Å². The first kappa shape index (κ1) is 15.9. The van der Waals surface area contributed by atoms with Crippen LogP contribution < -0.4 is 10.1 Å². The van der Waals surface area contributed by atoms with Gasteiger partial charge in [0.05, 0.1) is 7.11 Å². The third-order valence-corrected chi connectivity index (χ3v) is 4.33. The summed E-state index contributed by atoms with van der Waals surface area (Å²) in [5.74, 6) is 1.55. The summed E-state index contributed by atoms with van der Waals surface area (Å²) in [7, 11) is 1.62. The molecule has 0 saturated heterocycles. The van der Waals surface area contributed by atoms with Crippen LogP contribution in [0.5, 0.6) is 5.75 Å². The maximum Gasteiger partial charge on any atom is 0.225 e. The highest BCUT2D eigenvalue weighted by Gasteiger charge is 2.03. The lowest BCUT2D eigenvalue weighted by Crippen LogP contribution is -2.12. The Bertz CT molecular complexity index is 584. The number of carbonyl (C=O) groups excluding carboxylic acids is 1. The van der Waals surface area contributed by atoms with E-state index in [1.54, 1.807) is 18.9 Å². The standard InChI is InChI=1S/C16H16BrNO2S/c1-20-14-6-4-13(5-7-14)18-16(19)10-11-21-15-8-2-12(17)3-9-15/h2-9H,10-11H2,1H3,(H,18,19). The van der Waals surface area contributed by atoms with Crippen molar-refractivity contribution in [3.63, 3.8) is 0 Å². The largest absolute Gasteiger partial charge is 0.497 e. The Balaban J connectivity index is 1.75. The summed E-state index contributed by atoms with van der Waals surface area (Å²) >= 11 is 5.07. The topological polar surface area (TPSA) is 38.3 Å². The third-order valence-electron chi connectivity index (χ3n) is 2.79. The van der Waals surface area contributed by atoms with Crippen LogP contribution in [0.1, 0.15) is 6.42 Å². The first-order chi connectivity index (χ1) is 10.2. The van der Waals surface area contributed by atoms with E-state index in [1.165, 1.54) is 0 Å². The minimum absolute atomic E-state index is 0.0183. The first-order valence-corrected chi connectivity index (χ1v) is 8.27. The van der Waals surface area contributed by atoms with Crippen molar-refractivity contribution in [1.82, 2.24) is 0 Å². The van der Waals surface area contributed by atoms with Crippen molar-refractivity contribution < 1.29 is 9.53 Å². The highest BCUT2D eigenvalue weighted by molar-refractivity contribution is 9.10. The Labute approximate surface area is 137 Å². The van der Waals surface area contributed by atoms with E-state index in [0.29, 0.717) is 6.42 Å². The fraction of sp³-hybridized carbons (Fsp3) is 0.188. The Kier molecular flexibility index (Phi) is 6.14. The number of amides is 1. The molecular weight excluding hydrogens is 350 g/mol. The Morgan fingerprint density at radius 3 is 2.43 bits per heavy atom. The van der Waals surface area contributed by atoms with E-state index in [1.807, 2.05) is 48.5 Å². The van der Waals surface area contributed by atoms with E-state index in [9.17, 15) is 4.79 Å². The lowest BCUT2D eigenvalue weighted by atomic mass is 10.3. The zero-order valence-corrected chi connectivity index (χ0v) is 14.0. The van der Waals surface area contributed by atoms with E-state index in [4.69, 9.17) is 4.74 Å². The first-order valence-electron chi connectivity index (χ1n) is 6.49. The van der Waals surface area contributed by atoms with Crippen LogP contribution in [0.25, 0.3) is 0 Å². The van der Waals surface area contributed by atoms with Gasteiger partial charge in [0.2, 0.25) is 5.91 Å². The van der Waals surface area contributed by atoms with Gasteiger partial charge in [0, 0.05) is 27.2 Å². The van der Waals surface area contributed by atoms with E-state index < -0.39 is 0 Å². The van der Waals surface area contributed by atoms with Crippen molar-refractivity contribution in [3.8, 4) is 5.75 Å². The number of hydrogen-bond acceptors (Lipinski definition) is 3. The van der Waals surface area contributed by atoms with Gasteiger partial charge < -0.3 is 10.1 Å². The maximum absolute atomic E-state index is 11.8. The van der Waals surface area contributed by atoms with E-state index in [2.05, 4.69) is 21.2 Å². The number of ether oxygens (including phenoxy) is 1. The molecule has 0 aliphatic carbocycles. The van der Waals surface area contributed by atoms with Crippen molar-refractivity contribution in [1.29, 1.82) is 0 Å². The highest BCUT2D eigenvalue weighted by atomic mass is 79.9. The number of anilines is 1. The monoisotopic (exact) mass is 365 g/mol. The summed E-state index contributed by atoms with van der Waals surface area (Å²) in [6, 6.07) is 15.4. The predicted octanol–water partition coefficient (Wildman–Crippen LogP) is 4.58. The summed E-state index contributed by atoms with van der Waals surface area (Å²) in [6.07, 6.45) is 0.479. The summed E-state index contributed by atoms with van der Waals surface area (Å²) in [5.41, 5.74) is 0.787. The number of halogens is 1. The van der Waals surface area contributed by atoms with Crippen LogP contribution in [0, 0.1) is 0 Å². The Morgan fingerprint density at radius 1 is 1.14 bits per heavy atom. The van der Waals surface area contributed by atoms with Crippen molar-refractivity contribution in [2.24, 2.45) is 0 Å². The van der Waals surface area contributed by atoms with Crippen molar-refractivity contribution in [2.75, 3.05) is 18.2 Å². The molecule has 2 aromatic rings. The number of benzene rings is 2. The SMILES string of the molecule is COc1ccc(NC(=O)CCSc2ccc(Br)cc2)cc1. The molecule has 0 atom stereocenters. The number of carbonyl (C=O) groups is 1.